The van der Waals surface area contributed by atoms with Crippen LogP contribution in [0.25, 0.3) is 5.57 Å². The summed E-state index contributed by atoms with van der Waals surface area (Å²) >= 11 is 0. The summed E-state index contributed by atoms with van der Waals surface area (Å²) in [5.41, 5.74) is 1.07. The third kappa shape index (κ3) is 1.71. The minimum Gasteiger partial charge on any atom is -0.453 e. The van der Waals surface area contributed by atoms with E-state index in [4.69, 9.17) is 4.42 Å². The van der Waals surface area contributed by atoms with Gasteiger partial charge in [-0.1, -0.05) is 18.2 Å². The lowest BCUT2D eigenvalue weighted by atomic mass is 9.80. The van der Waals surface area contributed by atoms with Gasteiger partial charge in [0.05, 0.1) is 0 Å². The highest BCUT2D eigenvalue weighted by atomic mass is 16.3. The zero-order valence-corrected chi connectivity index (χ0v) is 8.07. The number of furan rings is 1. The summed E-state index contributed by atoms with van der Waals surface area (Å²) in [6.45, 7) is 0. The molecule has 1 atom stereocenters. The molecule has 1 aliphatic carbocycles. The fraction of sp³-hybridized carbons (Fsp3) is 0.182. The van der Waals surface area contributed by atoms with Gasteiger partial charge in [-0.2, -0.15) is 0 Å². The maximum atomic E-state index is 10.4. The first-order chi connectivity index (χ1) is 6.79. The standard InChI is InChI=1S/C11H11BO2/c12-9-3-1-2-8(6-9)11-5-4-10(7-13)14-11/h1-2,4-7,9H,3,12H2. The SMILES string of the molecule is BC1C=C(c2ccc(C=O)o2)C=CC1. The molecule has 70 valence electrons. The van der Waals surface area contributed by atoms with Gasteiger partial charge in [0.1, 0.15) is 13.6 Å². The molecule has 0 aromatic carbocycles. The second-order valence-electron chi connectivity index (χ2n) is 3.56. The molecule has 1 unspecified atom stereocenters. The summed E-state index contributed by atoms with van der Waals surface area (Å²) in [6, 6.07) is 3.52. The molecule has 1 heterocycles. The molecule has 0 bridgehead atoms. The van der Waals surface area contributed by atoms with Gasteiger partial charge in [0.15, 0.2) is 12.0 Å². The summed E-state index contributed by atoms with van der Waals surface area (Å²) in [7, 11) is 2.16. The van der Waals surface area contributed by atoms with Gasteiger partial charge < -0.3 is 4.42 Å². The lowest BCUT2D eigenvalue weighted by molar-refractivity contribution is 0.110. The van der Waals surface area contributed by atoms with Crippen molar-refractivity contribution >= 4 is 19.7 Å². The van der Waals surface area contributed by atoms with Gasteiger partial charge in [-0.3, -0.25) is 4.79 Å². The van der Waals surface area contributed by atoms with Gasteiger partial charge in [0, 0.05) is 5.57 Å². The van der Waals surface area contributed by atoms with Crippen LogP contribution in [0.5, 0.6) is 0 Å². The van der Waals surface area contributed by atoms with Gasteiger partial charge in [-0.25, -0.2) is 0 Å². The summed E-state index contributed by atoms with van der Waals surface area (Å²) in [5.74, 6) is 1.70. The Morgan fingerprint density at radius 2 is 2.36 bits per heavy atom. The minimum absolute atomic E-state index is 0.382. The molecule has 0 saturated carbocycles. The monoisotopic (exact) mass is 186 g/mol. The molecule has 0 aliphatic heterocycles. The maximum Gasteiger partial charge on any atom is 0.185 e. The van der Waals surface area contributed by atoms with Crippen LogP contribution in [0, 0.1) is 0 Å². The van der Waals surface area contributed by atoms with E-state index in [1.54, 1.807) is 6.07 Å². The Labute approximate surface area is 83.7 Å². The Morgan fingerprint density at radius 1 is 1.50 bits per heavy atom. The Bertz CT molecular complexity index is 401. The van der Waals surface area contributed by atoms with E-state index in [2.05, 4.69) is 20.0 Å². The molecule has 1 aliphatic rings. The number of rotatable bonds is 2. The normalized spacial score (nSPS) is 20.6. The van der Waals surface area contributed by atoms with E-state index < -0.39 is 0 Å². The van der Waals surface area contributed by atoms with E-state index in [-0.39, 0.29) is 0 Å². The molecule has 1 aromatic rings. The highest BCUT2D eigenvalue weighted by Gasteiger charge is 2.09. The molecule has 0 fully saturated rings. The van der Waals surface area contributed by atoms with Crippen molar-refractivity contribution in [2.75, 3.05) is 0 Å². The highest BCUT2D eigenvalue weighted by molar-refractivity contribution is 6.14. The molecule has 0 radical (unpaired) electrons. The summed E-state index contributed by atoms with van der Waals surface area (Å²) in [5, 5.41) is 0. The third-order valence-electron chi connectivity index (χ3n) is 2.30. The number of hydrogen-bond acceptors (Lipinski definition) is 2. The molecule has 0 spiro atoms. The zero-order chi connectivity index (χ0) is 9.97. The number of aldehydes is 1. The van der Waals surface area contributed by atoms with Crippen molar-refractivity contribution in [2.45, 2.75) is 12.2 Å². The van der Waals surface area contributed by atoms with Crippen molar-refractivity contribution in [3.05, 3.63) is 41.9 Å². The molecule has 14 heavy (non-hydrogen) atoms. The van der Waals surface area contributed by atoms with E-state index in [1.165, 1.54) is 0 Å². The first-order valence-electron chi connectivity index (χ1n) is 4.73. The average molecular weight is 186 g/mol. The molecule has 2 rings (SSSR count). The molecule has 1 aromatic heterocycles. The van der Waals surface area contributed by atoms with Crippen molar-refractivity contribution < 1.29 is 9.21 Å². The van der Waals surface area contributed by atoms with Crippen molar-refractivity contribution in [3.8, 4) is 0 Å². The largest absolute Gasteiger partial charge is 0.453 e. The van der Waals surface area contributed by atoms with Crippen LogP contribution in [-0.2, 0) is 0 Å². The average Bonchev–Trinajstić information content (AvgIpc) is 2.66. The Kier molecular flexibility index (Phi) is 2.40. The Hall–Kier alpha value is -1.51. The van der Waals surface area contributed by atoms with Crippen LogP contribution >= 0.6 is 0 Å². The topological polar surface area (TPSA) is 30.2 Å². The quantitative estimate of drug-likeness (QED) is 0.521. The van der Waals surface area contributed by atoms with Crippen LogP contribution in [0.15, 0.2) is 34.8 Å². The van der Waals surface area contributed by atoms with Gasteiger partial charge >= 0.3 is 0 Å². The highest BCUT2D eigenvalue weighted by Crippen LogP contribution is 2.26. The van der Waals surface area contributed by atoms with Crippen LogP contribution in [0.2, 0.25) is 5.82 Å². The van der Waals surface area contributed by atoms with Gasteiger partial charge in [0.25, 0.3) is 0 Å². The van der Waals surface area contributed by atoms with Gasteiger partial charge in [-0.15, -0.1) is 0 Å². The van der Waals surface area contributed by atoms with Crippen LogP contribution in [-0.4, -0.2) is 14.1 Å². The summed E-state index contributed by atoms with van der Waals surface area (Å²) < 4.78 is 5.33. The van der Waals surface area contributed by atoms with Crippen LogP contribution in [0.1, 0.15) is 22.7 Å². The van der Waals surface area contributed by atoms with Crippen molar-refractivity contribution in [3.63, 3.8) is 0 Å². The molecular formula is C11H11BO2. The molecule has 0 N–H and O–H groups in total. The molecular weight excluding hydrogens is 175 g/mol. The molecule has 0 saturated heterocycles. The first-order valence-corrected chi connectivity index (χ1v) is 4.73. The molecule has 2 nitrogen and oxygen atoms in total. The maximum absolute atomic E-state index is 10.4. The number of allylic oxidation sites excluding steroid dienone is 4. The number of carbonyl (C=O) groups is 1. The van der Waals surface area contributed by atoms with E-state index in [1.807, 2.05) is 12.1 Å². The van der Waals surface area contributed by atoms with Crippen molar-refractivity contribution in [2.24, 2.45) is 0 Å². The summed E-state index contributed by atoms with van der Waals surface area (Å²) in [6.07, 6.45) is 8.12. The Balaban J connectivity index is 2.30. The lowest BCUT2D eigenvalue weighted by Gasteiger charge is -2.09. The second-order valence-corrected chi connectivity index (χ2v) is 3.56. The van der Waals surface area contributed by atoms with Gasteiger partial charge in [0.2, 0.25) is 0 Å². The number of hydrogen-bond donors (Lipinski definition) is 0. The molecule has 0 amide bonds. The second kappa shape index (κ2) is 3.70. The van der Waals surface area contributed by atoms with Crippen LogP contribution in [0.3, 0.4) is 0 Å². The predicted octanol–water partition coefficient (Wildman–Crippen LogP) is 1.86. The smallest absolute Gasteiger partial charge is 0.185 e. The van der Waals surface area contributed by atoms with Crippen LogP contribution in [0.4, 0.5) is 0 Å². The Morgan fingerprint density at radius 3 is 3.00 bits per heavy atom. The fourth-order valence-electron chi connectivity index (χ4n) is 1.58. The van der Waals surface area contributed by atoms with E-state index in [9.17, 15) is 4.79 Å². The van der Waals surface area contributed by atoms with E-state index in [0.717, 1.165) is 24.0 Å². The predicted molar refractivity (Wildman–Crippen MR) is 58.1 cm³/mol. The summed E-state index contributed by atoms with van der Waals surface area (Å²) in [4.78, 5) is 10.4. The lowest BCUT2D eigenvalue weighted by Crippen LogP contribution is -1.92. The fourth-order valence-corrected chi connectivity index (χ4v) is 1.58. The minimum atomic E-state index is 0.382. The number of carbonyl (C=O) groups excluding carboxylic acids is 1. The first kappa shape index (κ1) is 9.07. The van der Waals surface area contributed by atoms with Crippen LogP contribution < -0.4 is 0 Å². The van der Waals surface area contributed by atoms with E-state index >= 15 is 0 Å². The van der Waals surface area contributed by atoms with Crippen molar-refractivity contribution in [1.82, 2.24) is 0 Å². The zero-order valence-electron chi connectivity index (χ0n) is 8.07. The molecule has 3 heteroatoms. The van der Waals surface area contributed by atoms with E-state index in [0.29, 0.717) is 11.6 Å². The van der Waals surface area contributed by atoms with Gasteiger partial charge in [-0.05, 0) is 24.4 Å². The third-order valence-corrected chi connectivity index (χ3v) is 2.30. The van der Waals surface area contributed by atoms with Crippen molar-refractivity contribution in [1.29, 1.82) is 0 Å².